The molecule has 0 aromatic rings. The van der Waals surface area contributed by atoms with E-state index in [1.165, 1.54) is 0 Å². The second-order valence-corrected chi connectivity index (χ2v) is 5.96. The minimum Gasteiger partial charge on any atom is -0.476 e. The van der Waals surface area contributed by atoms with E-state index < -0.39 is 7.82 Å². The summed E-state index contributed by atoms with van der Waals surface area (Å²) >= 11 is 0. The van der Waals surface area contributed by atoms with Gasteiger partial charge < -0.3 is 14.5 Å². The van der Waals surface area contributed by atoms with E-state index in [1.54, 1.807) is 6.92 Å². The standard InChI is InChI=1S/C10H19N2O5P/c1-8(11-7-16-18(13,14)15)17-10-6-12-4-2-9(10)3-5-12/h9-10H,2-7H2,1H3,(H2,13,14,15). The zero-order valence-corrected chi connectivity index (χ0v) is 11.3. The maximum Gasteiger partial charge on any atom is 0.471 e. The summed E-state index contributed by atoms with van der Waals surface area (Å²) in [5.41, 5.74) is 0. The van der Waals surface area contributed by atoms with Crippen LogP contribution in [0.15, 0.2) is 4.99 Å². The van der Waals surface area contributed by atoms with Crippen LogP contribution in [0.3, 0.4) is 0 Å². The first kappa shape index (κ1) is 14.0. The molecule has 3 saturated heterocycles. The van der Waals surface area contributed by atoms with E-state index in [9.17, 15) is 4.57 Å². The lowest BCUT2D eigenvalue weighted by Gasteiger charge is -2.44. The van der Waals surface area contributed by atoms with Crippen molar-refractivity contribution in [2.75, 3.05) is 26.4 Å². The molecule has 2 N–H and O–H groups in total. The van der Waals surface area contributed by atoms with Gasteiger partial charge in [-0.05, 0) is 31.8 Å². The molecular formula is C10H19N2O5P. The van der Waals surface area contributed by atoms with Crippen molar-refractivity contribution in [1.82, 2.24) is 4.90 Å². The van der Waals surface area contributed by atoms with Gasteiger partial charge in [0, 0.05) is 13.5 Å². The van der Waals surface area contributed by atoms with Crippen LogP contribution in [0, 0.1) is 5.92 Å². The number of piperidine rings is 3. The van der Waals surface area contributed by atoms with Gasteiger partial charge in [-0.2, -0.15) is 0 Å². The van der Waals surface area contributed by atoms with Crippen LogP contribution in [0.2, 0.25) is 0 Å². The van der Waals surface area contributed by atoms with Crippen LogP contribution in [0.5, 0.6) is 0 Å². The minimum absolute atomic E-state index is 0.145. The number of hydrogen-bond acceptors (Lipinski definition) is 5. The molecule has 0 radical (unpaired) electrons. The minimum atomic E-state index is -4.45. The first-order valence-corrected chi connectivity index (χ1v) is 7.57. The van der Waals surface area contributed by atoms with E-state index >= 15 is 0 Å². The van der Waals surface area contributed by atoms with Gasteiger partial charge in [-0.3, -0.25) is 9.42 Å². The quantitative estimate of drug-likeness (QED) is 0.444. The number of phosphoric acid groups is 1. The zero-order chi connectivity index (χ0) is 13.2. The second kappa shape index (κ2) is 5.67. The summed E-state index contributed by atoms with van der Waals surface area (Å²) in [7, 11) is -4.45. The van der Waals surface area contributed by atoms with Gasteiger partial charge in [-0.25, -0.2) is 9.56 Å². The van der Waals surface area contributed by atoms with Crippen molar-refractivity contribution in [2.45, 2.75) is 25.9 Å². The average molecular weight is 278 g/mol. The number of phosphoric ester groups is 1. The average Bonchev–Trinajstić information content (AvgIpc) is 2.28. The molecule has 1 atom stereocenters. The van der Waals surface area contributed by atoms with Crippen molar-refractivity contribution in [2.24, 2.45) is 10.9 Å². The largest absolute Gasteiger partial charge is 0.476 e. The highest BCUT2D eigenvalue weighted by Gasteiger charge is 2.35. The molecule has 0 aromatic heterocycles. The van der Waals surface area contributed by atoms with Crippen LogP contribution < -0.4 is 0 Å². The van der Waals surface area contributed by atoms with Crippen molar-refractivity contribution in [3.8, 4) is 0 Å². The third-order valence-corrected chi connectivity index (χ3v) is 3.88. The van der Waals surface area contributed by atoms with Crippen LogP contribution >= 0.6 is 7.82 Å². The lowest BCUT2D eigenvalue weighted by Crippen LogP contribution is -2.51. The Labute approximate surface area is 106 Å². The molecule has 0 spiro atoms. The number of aliphatic imine (C=N–C) groups is 1. The van der Waals surface area contributed by atoms with Gasteiger partial charge >= 0.3 is 7.82 Å². The van der Waals surface area contributed by atoms with Gasteiger partial charge in [0.15, 0.2) is 12.6 Å². The molecule has 1 unspecified atom stereocenters. The molecule has 0 amide bonds. The summed E-state index contributed by atoms with van der Waals surface area (Å²) in [5, 5.41) is 0. The maximum absolute atomic E-state index is 10.5. The van der Waals surface area contributed by atoms with Gasteiger partial charge in [0.05, 0.1) is 0 Å². The molecule has 8 heteroatoms. The Balaban J connectivity index is 1.78. The number of nitrogens with zero attached hydrogens (tertiary/aromatic N) is 2. The number of fused-ring (bicyclic) bond motifs is 3. The summed E-state index contributed by atoms with van der Waals surface area (Å²) in [5.74, 6) is 0.991. The van der Waals surface area contributed by atoms with Crippen LogP contribution in [0.4, 0.5) is 0 Å². The Bertz CT molecular complexity index is 361. The summed E-state index contributed by atoms with van der Waals surface area (Å²) < 4.78 is 20.4. The van der Waals surface area contributed by atoms with Crippen LogP contribution in [0.1, 0.15) is 19.8 Å². The fraction of sp³-hybridized carbons (Fsp3) is 0.900. The van der Waals surface area contributed by atoms with E-state index in [0.717, 1.165) is 32.5 Å². The van der Waals surface area contributed by atoms with Crippen molar-refractivity contribution >= 4 is 13.7 Å². The lowest BCUT2D eigenvalue weighted by atomic mass is 9.86. The topological polar surface area (TPSA) is 91.6 Å². The van der Waals surface area contributed by atoms with E-state index in [2.05, 4.69) is 14.4 Å². The number of rotatable bonds is 4. The molecule has 2 bridgehead atoms. The fourth-order valence-corrected chi connectivity index (χ4v) is 2.70. The van der Waals surface area contributed by atoms with Crippen molar-refractivity contribution in [3.05, 3.63) is 0 Å². The predicted molar refractivity (Wildman–Crippen MR) is 65.1 cm³/mol. The van der Waals surface area contributed by atoms with E-state index in [0.29, 0.717) is 11.8 Å². The molecule has 3 aliphatic rings. The Hall–Kier alpha value is -0.460. The molecule has 7 nitrogen and oxygen atoms in total. The normalized spacial score (nSPS) is 32.6. The van der Waals surface area contributed by atoms with Crippen LogP contribution in [0.25, 0.3) is 0 Å². The van der Waals surface area contributed by atoms with Crippen LogP contribution in [-0.4, -0.2) is 53.1 Å². The highest BCUT2D eigenvalue weighted by molar-refractivity contribution is 7.46. The molecule has 0 aromatic carbocycles. The number of ether oxygens (including phenoxy) is 1. The monoisotopic (exact) mass is 278 g/mol. The fourth-order valence-electron chi connectivity index (χ4n) is 2.50. The molecule has 0 aliphatic carbocycles. The third kappa shape index (κ3) is 4.03. The van der Waals surface area contributed by atoms with E-state index in [-0.39, 0.29) is 12.8 Å². The molecule has 0 saturated carbocycles. The highest BCUT2D eigenvalue weighted by Crippen LogP contribution is 2.35. The van der Waals surface area contributed by atoms with Crippen molar-refractivity contribution in [3.63, 3.8) is 0 Å². The molecular weight excluding hydrogens is 259 g/mol. The Morgan fingerprint density at radius 3 is 2.61 bits per heavy atom. The second-order valence-electron chi connectivity index (χ2n) is 4.72. The molecule has 18 heavy (non-hydrogen) atoms. The predicted octanol–water partition coefficient (Wildman–Crippen LogP) is 0.582. The molecule has 3 heterocycles. The van der Waals surface area contributed by atoms with Gasteiger partial charge in [0.25, 0.3) is 0 Å². The first-order valence-electron chi connectivity index (χ1n) is 6.04. The molecule has 3 rings (SSSR count). The SMILES string of the molecule is CC(=NCOP(=O)(O)O)OC1CN2CCC1CC2. The smallest absolute Gasteiger partial charge is 0.471 e. The van der Waals surface area contributed by atoms with Crippen LogP contribution in [-0.2, 0) is 13.8 Å². The van der Waals surface area contributed by atoms with Crippen molar-refractivity contribution < 1.29 is 23.6 Å². The third-order valence-electron chi connectivity index (χ3n) is 3.43. The maximum atomic E-state index is 10.5. The summed E-state index contributed by atoms with van der Waals surface area (Å²) in [6, 6.07) is 0. The molecule has 3 aliphatic heterocycles. The molecule has 3 fully saturated rings. The lowest BCUT2D eigenvalue weighted by molar-refractivity contribution is -0.0154. The van der Waals surface area contributed by atoms with Gasteiger partial charge in [-0.1, -0.05) is 0 Å². The first-order chi connectivity index (χ1) is 8.44. The Morgan fingerprint density at radius 2 is 2.11 bits per heavy atom. The van der Waals surface area contributed by atoms with Crippen molar-refractivity contribution in [1.29, 1.82) is 0 Å². The molecule has 104 valence electrons. The Morgan fingerprint density at radius 1 is 1.44 bits per heavy atom. The highest BCUT2D eigenvalue weighted by atomic mass is 31.2. The van der Waals surface area contributed by atoms with Gasteiger partial charge in [-0.15, -0.1) is 0 Å². The number of hydrogen-bond donors (Lipinski definition) is 2. The van der Waals surface area contributed by atoms with Gasteiger partial charge in [0.1, 0.15) is 6.10 Å². The van der Waals surface area contributed by atoms with E-state index in [4.69, 9.17) is 14.5 Å². The Kier molecular flexibility index (Phi) is 4.40. The summed E-state index contributed by atoms with van der Waals surface area (Å²) in [4.78, 5) is 23.2. The zero-order valence-electron chi connectivity index (χ0n) is 10.4. The van der Waals surface area contributed by atoms with Gasteiger partial charge in [0.2, 0.25) is 0 Å². The summed E-state index contributed by atoms with van der Waals surface area (Å²) in [6.07, 6.45) is 2.44. The summed E-state index contributed by atoms with van der Waals surface area (Å²) in [6.45, 7) is 4.50. The van der Waals surface area contributed by atoms with E-state index in [1.807, 2.05) is 0 Å².